The van der Waals surface area contributed by atoms with E-state index in [4.69, 9.17) is 0 Å². The van der Waals surface area contributed by atoms with Crippen LogP contribution in [0.15, 0.2) is 12.3 Å². The zero-order valence-electron chi connectivity index (χ0n) is 17.4. The maximum atomic E-state index is 12.5. The molecule has 0 bridgehead atoms. The molecule has 1 aliphatic heterocycles. The fourth-order valence-corrected chi connectivity index (χ4v) is 4.95. The molecular weight excluding hydrogens is 366 g/mol. The minimum atomic E-state index is 0.131. The second-order valence-corrected chi connectivity index (χ2v) is 9.14. The molecule has 2 saturated carbocycles. The highest BCUT2D eigenvalue weighted by molar-refractivity contribution is 5.79. The van der Waals surface area contributed by atoms with Crippen LogP contribution in [0, 0.1) is 11.8 Å². The average Bonchev–Trinajstić information content (AvgIpc) is 3.11. The number of aromatic nitrogens is 2. The van der Waals surface area contributed by atoms with Crippen LogP contribution in [0.3, 0.4) is 0 Å². The summed E-state index contributed by atoms with van der Waals surface area (Å²) in [6.07, 6.45) is 12.3. The number of H-pyrrole nitrogens is 1. The number of carbonyl (C=O) groups excluding carboxylic acids is 2. The Morgan fingerprint density at radius 2 is 1.86 bits per heavy atom. The third-order valence-corrected chi connectivity index (χ3v) is 6.87. The molecule has 0 spiro atoms. The van der Waals surface area contributed by atoms with Gasteiger partial charge in [0.1, 0.15) is 0 Å². The van der Waals surface area contributed by atoms with E-state index < -0.39 is 0 Å². The van der Waals surface area contributed by atoms with Crippen molar-refractivity contribution in [3.63, 3.8) is 0 Å². The largest absolute Gasteiger partial charge is 0.356 e. The van der Waals surface area contributed by atoms with E-state index in [1.165, 1.54) is 25.7 Å². The highest BCUT2D eigenvalue weighted by atomic mass is 16.2. The lowest BCUT2D eigenvalue weighted by atomic mass is 10.1. The van der Waals surface area contributed by atoms with Crippen molar-refractivity contribution in [2.24, 2.45) is 11.8 Å². The van der Waals surface area contributed by atoms with Crippen LogP contribution in [0.4, 0.5) is 0 Å². The molecule has 2 amide bonds. The zero-order chi connectivity index (χ0) is 20.1. The van der Waals surface area contributed by atoms with Crippen molar-refractivity contribution in [1.29, 1.82) is 0 Å². The molecule has 1 aromatic heterocycles. The van der Waals surface area contributed by atoms with Gasteiger partial charge >= 0.3 is 0 Å². The van der Waals surface area contributed by atoms with E-state index in [0.29, 0.717) is 25.0 Å². The van der Waals surface area contributed by atoms with Crippen molar-refractivity contribution < 1.29 is 9.59 Å². The second-order valence-electron chi connectivity index (χ2n) is 9.14. The maximum absolute atomic E-state index is 12.5. The summed E-state index contributed by atoms with van der Waals surface area (Å²) in [6.45, 7) is 2.45. The first-order chi connectivity index (χ1) is 14.2. The molecule has 2 atom stereocenters. The highest BCUT2D eigenvalue weighted by Gasteiger charge is 2.38. The smallest absolute Gasteiger partial charge is 0.223 e. The third kappa shape index (κ3) is 5.81. The minimum absolute atomic E-state index is 0.131. The van der Waals surface area contributed by atoms with Gasteiger partial charge in [0.05, 0.1) is 0 Å². The minimum Gasteiger partial charge on any atom is -0.356 e. The van der Waals surface area contributed by atoms with Crippen LogP contribution in [0.5, 0.6) is 0 Å². The summed E-state index contributed by atoms with van der Waals surface area (Å²) in [5, 5.41) is 13.1. The topological polar surface area (TPSA) is 90.1 Å². The molecule has 3 N–H and O–H groups in total. The predicted octanol–water partition coefficient (Wildman–Crippen LogP) is 2.01. The fourth-order valence-electron chi connectivity index (χ4n) is 4.95. The van der Waals surface area contributed by atoms with E-state index in [1.807, 2.05) is 6.07 Å². The van der Waals surface area contributed by atoms with Gasteiger partial charge in [-0.25, -0.2) is 0 Å². The third-order valence-electron chi connectivity index (χ3n) is 6.87. The van der Waals surface area contributed by atoms with Crippen LogP contribution in [0.25, 0.3) is 0 Å². The lowest BCUT2D eigenvalue weighted by molar-refractivity contribution is -0.125. The number of amides is 2. The molecule has 0 unspecified atom stereocenters. The Kier molecular flexibility index (Phi) is 6.85. The molecular formula is C22H35N5O2. The molecule has 3 fully saturated rings. The quantitative estimate of drug-likeness (QED) is 0.559. The first-order valence-electron chi connectivity index (χ1n) is 11.5. The number of carbonyl (C=O) groups is 2. The van der Waals surface area contributed by atoms with Gasteiger partial charge < -0.3 is 10.6 Å². The van der Waals surface area contributed by atoms with Crippen LogP contribution in [0.2, 0.25) is 0 Å². The lowest BCUT2D eigenvalue weighted by Crippen LogP contribution is -2.46. The van der Waals surface area contributed by atoms with E-state index >= 15 is 0 Å². The van der Waals surface area contributed by atoms with E-state index in [0.717, 1.165) is 56.8 Å². The summed E-state index contributed by atoms with van der Waals surface area (Å²) in [5.74, 6) is 1.39. The molecule has 0 aromatic carbocycles. The van der Waals surface area contributed by atoms with Gasteiger partial charge in [0.15, 0.2) is 0 Å². The standard InChI is InChI=1S/C22H35N5O2/c28-21(23-11-9-18-10-12-25-26-18)13-19-7-8-20(27(19)15-16-5-6-16)14-24-22(29)17-3-1-2-4-17/h10,12,16-17,19-20H,1-9,11,13-15H2,(H,23,28)(H,24,29)(H,25,26)/t19-,20+/m1/s1. The summed E-state index contributed by atoms with van der Waals surface area (Å²) in [5.41, 5.74) is 1.04. The van der Waals surface area contributed by atoms with Crippen LogP contribution in [-0.2, 0) is 16.0 Å². The summed E-state index contributed by atoms with van der Waals surface area (Å²) >= 11 is 0. The van der Waals surface area contributed by atoms with Crippen molar-refractivity contribution in [3.8, 4) is 0 Å². The second kappa shape index (κ2) is 9.74. The van der Waals surface area contributed by atoms with Crippen LogP contribution < -0.4 is 10.6 Å². The summed E-state index contributed by atoms with van der Waals surface area (Å²) in [7, 11) is 0. The number of nitrogens with zero attached hydrogens (tertiary/aromatic N) is 2. The first kappa shape index (κ1) is 20.4. The SMILES string of the molecule is O=C(C[C@H]1CC[C@@H](CNC(=O)C2CCCC2)N1CC1CC1)NCCc1ccn[nH]1. The molecule has 2 aliphatic carbocycles. The Balaban J connectivity index is 1.23. The fraction of sp³-hybridized carbons (Fsp3) is 0.773. The number of hydrogen-bond acceptors (Lipinski definition) is 4. The lowest BCUT2D eigenvalue weighted by Gasteiger charge is -2.30. The van der Waals surface area contributed by atoms with Crippen LogP contribution >= 0.6 is 0 Å². The predicted molar refractivity (Wildman–Crippen MR) is 111 cm³/mol. The van der Waals surface area contributed by atoms with E-state index in [-0.39, 0.29) is 17.7 Å². The number of hydrogen-bond donors (Lipinski definition) is 3. The van der Waals surface area contributed by atoms with Gasteiger partial charge in [-0.1, -0.05) is 12.8 Å². The Morgan fingerprint density at radius 3 is 2.59 bits per heavy atom. The molecule has 1 aromatic rings. The Hall–Kier alpha value is -1.89. The molecule has 7 nitrogen and oxygen atoms in total. The van der Waals surface area contributed by atoms with Gasteiger partial charge in [-0.3, -0.25) is 19.6 Å². The summed E-state index contributed by atoms with van der Waals surface area (Å²) < 4.78 is 0. The molecule has 0 radical (unpaired) electrons. The normalized spacial score (nSPS) is 25.4. The van der Waals surface area contributed by atoms with Crippen molar-refractivity contribution in [1.82, 2.24) is 25.7 Å². The Morgan fingerprint density at radius 1 is 1.07 bits per heavy atom. The van der Waals surface area contributed by atoms with Crippen molar-refractivity contribution >= 4 is 11.8 Å². The molecule has 2 heterocycles. The van der Waals surface area contributed by atoms with Gasteiger partial charge in [-0.2, -0.15) is 5.10 Å². The highest BCUT2D eigenvalue weighted by Crippen LogP contribution is 2.35. The maximum Gasteiger partial charge on any atom is 0.223 e. The number of nitrogens with one attached hydrogen (secondary N) is 3. The average molecular weight is 402 g/mol. The van der Waals surface area contributed by atoms with Crippen LogP contribution in [0.1, 0.15) is 63.5 Å². The molecule has 160 valence electrons. The monoisotopic (exact) mass is 401 g/mol. The summed E-state index contributed by atoms with van der Waals surface area (Å²) in [4.78, 5) is 27.4. The van der Waals surface area contributed by atoms with E-state index in [1.54, 1.807) is 6.20 Å². The van der Waals surface area contributed by atoms with E-state index in [2.05, 4.69) is 25.7 Å². The number of likely N-dealkylation sites (tertiary alicyclic amines) is 1. The van der Waals surface area contributed by atoms with Gasteiger partial charge in [-0.05, 0) is 50.5 Å². The number of rotatable bonds is 10. The van der Waals surface area contributed by atoms with E-state index in [9.17, 15) is 9.59 Å². The molecule has 7 heteroatoms. The summed E-state index contributed by atoms with van der Waals surface area (Å²) in [6, 6.07) is 2.62. The van der Waals surface area contributed by atoms with Crippen molar-refractivity contribution in [2.45, 2.75) is 76.3 Å². The molecule has 4 rings (SSSR count). The van der Waals surface area contributed by atoms with Gasteiger partial charge in [0.25, 0.3) is 0 Å². The van der Waals surface area contributed by atoms with Gasteiger partial charge in [0, 0.05) is 62.4 Å². The van der Waals surface area contributed by atoms with Crippen molar-refractivity contribution in [3.05, 3.63) is 18.0 Å². The Bertz CT molecular complexity index is 667. The Labute approximate surface area is 173 Å². The van der Waals surface area contributed by atoms with Gasteiger partial charge in [-0.15, -0.1) is 0 Å². The van der Waals surface area contributed by atoms with Gasteiger partial charge in [0.2, 0.25) is 11.8 Å². The molecule has 29 heavy (non-hydrogen) atoms. The first-order valence-corrected chi connectivity index (χ1v) is 11.5. The zero-order valence-corrected chi connectivity index (χ0v) is 17.4. The number of aromatic amines is 1. The van der Waals surface area contributed by atoms with Crippen LogP contribution in [-0.4, -0.2) is 58.6 Å². The molecule has 3 aliphatic rings. The molecule has 1 saturated heterocycles. The van der Waals surface area contributed by atoms with Crippen molar-refractivity contribution in [2.75, 3.05) is 19.6 Å².